The van der Waals surface area contributed by atoms with Crippen molar-refractivity contribution in [2.75, 3.05) is 7.11 Å². The summed E-state index contributed by atoms with van der Waals surface area (Å²) in [5.74, 6) is 1.56. The summed E-state index contributed by atoms with van der Waals surface area (Å²) in [6, 6.07) is 7.30. The van der Waals surface area contributed by atoms with E-state index in [0.717, 1.165) is 30.1 Å². The average Bonchev–Trinajstić information content (AvgIpc) is 2.92. The fourth-order valence-electron chi connectivity index (χ4n) is 2.28. The van der Waals surface area contributed by atoms with E-state index in [1.54, 1.807) is 22.3 Å². The highest BCUT2D eigenvalue weighted by molar-refractivity contribution is 5.42. The Balaban J connectivity index is 2.11. The van der Waals surface area contributed by atoms with Gasteiger partial charge in [-0.25, -0.2) is 0 Å². The lowest BCUT2D eigenvalue weighted by molar-refractivity contribution is 0.414. The summed E-state index contributed by atoms with van der Waals surface area (Å²) in [4.78, 5) is 12.5. The predicted molar refractivity (Wildman–Crippen MR) is 79.1 cm³/mol. The Morgan fingerprint density at radius 1 is 1.14 bits per heavy atom. The van der Waals surface area contributed by atoms with Gasteiger partial charge in [0, 0.05) is 24.5 Å². The molecule has 0 N–H and O–H groups in total. The molecular formula is C15H16N4O2. The van der Waals surface area contributed by atoms with Crippen LogP contribution in [-0.2, 0) is 6.42 Å². The van der Waals surface area contributed by atoms with E-state index in [-0.39, 0.29) is 5.56 Å². The molecule has 0 saturated heterocycles. The highest BCUT2D eigenvalue weighted by atomic mass is 16.5. The molecule has 0 fully saturated rings. The lowest BCUT2D eigenvalue weighted by Crippen LogP contribution is -2.20. The Morgan fingerprint density at radius 3 is 2.57 bits per heavy atom. The van der Waals surface area contributed by atoms with Crippen molar-refractivity contribution in [3.8, 4) is 11.4 Å². The third kappa shape index (κ3) is 2.29. The summed E-state index contributed by atoms with van der Waals surface area (Å²) in [6.07, 6.45) is 5.32. The van der Waals surface area contributed by atoms with Gasteiger partial charge in [0.15, 0.2) is 0 Å². The molecule has 0 atom stereocenters. The molecule has 0 saturated carbocycles. The van der Waals surface area contributed by atoms with Crippen LogP contribution in [-0.4, -0.2) is 26.3 Å². The summed E-state index contributed by atoms with van der Waals surface area (Å²) in [5, 5.41) is 8.10. The van der Waals surface area contributed by atoms with E-state index in [9.17, 15) is 4.79 Å². The maximum Gasteiger partial charge on any atom is 0.300 e. The van der Waals surface area contributed by atoms with Crippen molar-refractivity contribution in [3.05, 3.63) is 52.8 Å². The summed E-state index contributed by atoms with van der Waals surface area (Å²) >= 11 is 0. The van der Waals surface area contributed by atoms with Crippen LogP contribution in [0, 0.1) is 0 Å². The molecular weight excluding hydrogens is 268 g/mol. The maximum atomic E-state index is 12.5. The van der Waals surface area contributed by atoms with Gasteiger partial charge in [0.25, 0.3) is 0 Å². The number of methoxy groups -OCH3 is 1. The summed E-state index contributed by atoms with van der Waals surface area (Å²) in [7, 11) is 1.61. The number of ether oxygens (including phenoxy) is 1. The van der Waals surface area contributed by atoms with E-state index in [1.807, 2.05) is 30.5 Å². The zero-order valence-corrected chi connectivity index (χ0v) is 12.0. The topological polar surface area (TPSA) is 61.4 Å². The first-order valence-electron chi connectivity index (χ1n) is 6.84. The zero-order valence-electron chi connectivity index (χ0n) is 12.0. The monoisotopic (exact) mass is 284 g/mol. The third-order valence-electron chi connectivity index (χ3n) is 3.37. The highest BCUT2D eigenvalue weighted by Gasteiger charge is 2.10. The Hall–Kier alpha value is -2.63. The average molecular weight is 284 g/mol. The van der Waals surface area contributed by atoms with E-state index in [4.69, 9.17) is 4.74 Å². The molecule has 3 rings (SSSR count). The van der Waals surface area contributed by atoms with E-state index in [2.05, 4.69) is 17.1 Å². The number of aromatic nitrogens is 4. The van der Waals surface area contributed by atoms with Crippen LogP contribution in [0.5, 0.6) is 5.75 Å². The van der Waals surface area contributed by atoms with Crippen LogP contribution in [0.25, 0.3) is 11.3 Å². The maximum absolute atomic E-state index is 12.5. The summed E-state index contributed by atoms with van der Waals surface area (Å²) in [5.41, 5.74) is 0.928. The van der Waals surface area contributed by atoms with Gasteiger partial charge < -0.3 is 4.74 Å². The fraction of sp³-hybridized carbons (Fsp3) is 0.267. The summed E-state index contributed by atoms with van der Waals surface area (Å²) < 4.78 is 8.43. The van der Waals surface area contributed by atoms with Crippen LogP contribution in [0.4, 0.5) is 0 Å². The fourth-order valence-corrected chi connectivity index (χ4v) is 2.28. The number of benzene rings is 1. The second-order valence-corrected chi connectivity index (χ2v) is 4.73. The smallest absolute Gasteiger partial charge is 0.300 e. The van der Waals surface area contributed by atoms with E-state index < -0.39 is 0 Å². The van der Waals surface area contributed by atoms with Crippen LogP contribution < -0.4 is 10.3 Å². The van der Waals surface area contributed by atoms with Crippen LogP contribution in [0.2, 0.25) is 0 Å². The molecule has 0 aliphatic carbocycles. The van der Waals surface area contributed by atoms with Gasteiger partial charge in [0.2, 0.25) is 5.65 Å². The molecule has 6 nitrogen and oxygen atoms in total. The molecule has 108 valence electrons. The SMILES string of the molecule is CCCc1nnc2c(=O)n(-c3ccc(OC)cc3)ccn12. The minimum atomic E-state index is -0.183. The minimum Gasteiger partial charge on any atom is -0.497 e. The van der Waals surface area contributed by atoms with Crippen molar-refractivity contribution in [1.82, 2.24) is 19.2 Å². The number of fused-ring (bicyclic) bond motifs is 1. The van der Waals surface area contributed by atoms with E-state index >= 15 is 0 Å². The van der Waals surface area contributed by atoms with Gasteiger partial charge in [-0.1, -0.05) is 6.92 Å². The second kappa shape index (κ2) is 5.40. The number of rotatable bonds is 4. The molecule has 3 aromatic rings. The summed E-state index contributed by atoms with van der Waals surface area (Å²) in [6.45, 7) is 2.07. The first kappa shape index (κ1) is 13.4. The number of aryl methyl sites for hydroxylation is 1. The van der Waals surface area contributed by atoms with Gasteiger partial charge >= 0.3 is 5.56 Å². The quantitative estimate of drug-likeness (QED) is 0.733. The molecule has 0 radical (unpaired) electrons. The largest absolute Gasteiger partial charge is 0.497 e. The molecule has 0 amide bonds. The van der Waals surface area contributed by atoms with Gasteiger partial charge in [0.05, 0.1) is 7.11 Å². The van der Waals surface area contributed by atoms with Crippen molar-refractivity contribution in [3.63, 3.8) is 0 Å². The van der Waals surface area contributed by atoms with E-state index in [1.165, 1.54) is 0 Å². The van der Waals surface area contributed by atoms with Gasteiger partial charge in [-0.3, -0.25) is 13.8 Å². The Bertz CT molecular complexity index is 818. The van der Waals surface area contributed by atoms with Gasteiger partial charge in [-0.05, 0) is 30.7 Å². The van der Waals surface area contributed by atoms with Gasteiger partial charge in [-0.2, -0.15) is 0 Å². The van der Waals surface area contributed by atoms with Gasteiger partial charge in [-0.15, -0.1) is 10.2 Å². The van der Waals surface area contributed by atoms with Crippen molar-refractivity contribution in [2.24, 2.45) is 0 Å². The Labute approximate surface area is 121 Å². The van der Waals surface area contributed by atoms with Crippen LogP contribution >= 0.6 is 0 Å². The minimum absolute atomic E-state index is 0.183. The number of hydrogen-bond acceptors (Lipinski definition) is 4. The van der Waals surface area contributed by atoms with E-state index in [0.29, 0.717) is 5.65 Å². The molecule has 21 heavy (non-hydrogen) atoms. The molecule has 0 bridgehead atoms. The lowest BCUT2D eigenvalue weighted by Gasteiger charge is -2.07. The third-order valence-corrected chi connectivity index (χ3v) is 3.37. The van der Waals surface area contributed by atoms with Crippen molar-refractivity contribution >= 4 is 5.65 Å². The normalized spacial score (nSPS) is 11.0. The Morgan fingerprint density at radius 2 is 1.90 bits per heavy atom. The molecule has 1 aromatic carbocycles. The molecule has 0 aliphatic rings. The lowest BCUT2D eigenvalue weighted by atomic mass is 10.3. The molecule has 0 aliphatic heterocycles. The molecule has 0 unspecified atom stereocenters. The predicted octanol–water partition coefficient (Wildman–Crippen LogP) is 1.84. The van der Waals surface area contributed by atoms with Crippen molar-refractivity contribution in [1.29, 1.82) is 0 Å². The number of hydrogen-bond donors (Lipinski definition) is 0. The second-order valence-electron chi connectivity index (χ2n) is 4.73. The first-order valence-corrected chi connectivity index (χ1v) is 6.84. The van der Waals surface area contributed by atoms with Gasteiger partial charge in [0.1, 0.15) is 11.6 Å². The highest BCUT2D eigenvalue weighted by Crippen LogP contribution is 2.14. The molecule has 2 heterocycles. The molecule has 2 aromatic heterocycles. The van der Waals surface area contributed by atoms with Crippen LogP contribution in [0.15, 0.2) is 41.5 Å². The standard InChI is InChI=1S/C15H16N4O2/c1-3-4-13-16-17-14-15(20)18(9-10-19(13)14)11-5-7-12(21-2)8-6-11/h5-10H,3-4H2,1-2H3. The molecule has 0 spiro atoms. The molecule has 6 heteroatoms. The number of nitrogens with zero attached hydrogens (tertiary/aromatic N) is 4. The Kier molecular flexibility index (Phi) is 3.43. The first-order chi connectivity index (χ1) is 10.2. The van der Waals surface area contributed by atoms with Crippen LogP contribution in [0.1, 0.15) is 19.2 Å². The van der Waals surface area contributed by atoms with Crippen molar-refractivity contribution < 1.29 is 4.74 Å². The van der Waals surface area contributed by atoms with Crippen LogP contribution in [0.3, 0.4) is 0 Å². The van der Waals surface area contributed by atoms with Crippen molar-refractivity contribution in [2.45, 2.75) is 19.8 Å². The zero-order chi connectivity index (χ0) is 14.8.